The Labute approximate surface area is 117 Å². The van der Waals surface area contributed by atoms with Crippen LogP contribution in [0.25, 0.3) is 0 Å². The van der Waals surface area contributed by atoms with E-state index < -0.39 is 18.0 Å². The largest absolute Gasteiger partial charge is 0.480 e. The van der Waals surface area contributed by atoms with Crippen LogP contribution in [-0.2, 0) is 11.8 Å². The number of carbonyl (C=O) groups excluding carboxylic acids is 1. The van der Waals surface area contributed by atoms with Gasteiger partial charge >= 0.3 is 12.0 Å². The number of hydrogen-bond donors (Lipinski definition) is 3. The van der Waals surface area contributed by atoms with Crippen LogP contribution in [0.4, 0.5) is 4.79 Å². The fourth-order valence-corrected chi connectivity index (χ4v) is 1.81. The summed E-state index contributed by atoms with van der Waals surface area (Å²) in [6.07, 6.45) is 3.57. The van der Waals surface area contributed by atoms with Crippen LogP contribution < -0.4 is 10.6 Å². The molecule has 0 radical (unpaired) electrons. The van der Waals surface area contributed by atoms with Crippen molar-refractivity contribution in [3.8, 4) is 0 Å². The second kappa shape index (κ2) is 7.46. The van der Waals surface area contributed by atoms with Crippen LogP contribution >= 0.6 is 0 Å². The molecule has 2 amide bonds. The normalized spacial score (nSPS) is 13.6. The molecule has 0 aliphatic heterocycles. The molecule has 0 saturated carbocycles. The van der Waals surface area contributed by atoms with E-state index in [2.05, 4.69) is 20.8 Å². The number of aliphatic carboxylic acids is 1. The Bertz CT molecular complexity index is 460. The third kappa shape index (κ3) is 4.52. The number of unbranched alkanes of at least 4 members (excludes halogenated alkanes) is 1. The van der Waals surface area contributed by atoms with E-state index in [0.29, 0.717) is 12.2 Å². The second-order valence-corrected chi connectivity index (χ2v) is 4.67. The van der Waals surface area contributed by atoms with Gasteiger partial charge in [0, 0.05) is 7.05 Å². The van der Waals surface area contributed by atoms with E-state index in [4.69, 9.17) is 5.11 Å². The summed E-state index contributed by atoms with van der Waals surface area (Å²) >= 11 is 0. The Morgan fingerprint density at radius 3 is 2.65 bits per heavy atom. The first-order chi connectivity index (χ1) is 9.45. The molecule has 1 heterocycles. The average Bonchev–Trinajstić information content (AvgIpc) is 2.80. The fraction of sp³-hybridized carbons (Fsp3) is 0.667. The van der Waals surface area contributed by atoms with Crippen LogP contribution in [0.5, 0.6) is 0 Å². The summed E-state index contributed by atoms with van der Waals surface area (Å²) in [7, 11) is 1.77. The molecular weight excluding hydrogens is 262 g/mol. The lowest BCUT2D eigenvalue weighted by atomic mass is 10.1. The lowest BCUT2D eigenvalue weighted by Crippen LogP contribution is -2.46. The lowest BCUT2D eigenvalue weighted by molar-refractivity contribution is -0.139. The van der Waals surface area contributed by atoms with Gasteiger partial charge in [-0.3, -0.25) is 0 Å². The summed E-state index contributed by atoms with van der Waals surface area (Å²) in [5, 5.41) is 21.8. The monoisotopic (exact) mass is 283 g/mol. The number of carboxylic acid groups (broad SMARTS) is 1. The molecular formula is C12H21N5O3. The van der Waals surface area contributed by atoms with Crippen molar-refractivity contribution < 1.29 is 14.7 Å². The van der Waals surface area contributed by atoms with Crippen molar-refractivity contribution in [1.29, 1.82) is 0 Å². The Balaban J connectivity index is 2.53. The standard InChI is InChI=1S/C12H21N5O3/c1-4-5-6-9(11(18)19)15-12(20)14-8(2)10-16-13-7-17(10)3/h7-9H,4-6H2,1-3H3,(H,18,19)(H2,14,15,20)/t8?,9-/m0/s1. The molecule has 0 spiro atoms. The van der Waals surface area contributed by atoms with Gasteiger partial charge in [-0.05, 0) is 13.3 Å². The fourth-order valence-electron chi connectivity index (χ4n) is 1.81. The van der Waals surface area contributed by atoms with Gasteiger partial charge in [0.15, 0.2) is 5.82 Å². The first-order valence-electron chi connectivity index (χ1n) is 6.59. The smallest absolute Gasteiger partial charge is 0.326 e. The minimum Gasteiger partial charge on any atom is -0.480 e. The number of rotatable bonds is 7. The third-order valence-corrected chi connectivity index (χ3v) is 2.93. The van der Waals surface area contributed by atoms with Gasteiger partial charge in [-0.2, -0.15) is 0 Å². The maximum Gasteiger partial charge on any atom is 0.326 e. The maximum atomic E-state index is 11.8. The minimum atomic E-state index is -1.03. The first kappa shape index (κ1) is 15.9. The van der Waals surface area contributed by atoms with E-state index in [1.807, 2.05) is 6.92 Å². The third-order valence-electron chi connectivity index (χ3n) is 2.93. The molecule has 0 aliphatic rings. The van der Waals surface area contributed by atoms with Crippen molar-refractivity contribution >= 4 is 12.0 Å². The van der Waals surface area contributed by atoms with Gasteiger partial charge in [-0.25, -0.2) is 9.59 Å². The molecule has 1 rings (SSSR count). The van der Waals surface area contributed by atoms with Crippen molar-refractivity contribution in [2.24, 2.45) is 7.05 Å². The van der Waals surface area contributed by atoms with Crippen LogP contribution in [0, 0.1) is 0 Å². The summed E-state index contributed by atoms with van der Waals surface area (Å²) in [5.41, 5.74) is 0. The molecule has 8 heteroatoms. The Morgan fingerprint density at radius 2 is 2.15 bits per heavy atom. The zero-order valence-corrected chi connectivity index (χ0v) is 12.0. The Kier molecular flexibility index (Phi) is 5.95. The van der Waals surface area contributed by atoms with E-state index >= 15 is 0 Å². The number of nitrogens with zero attached hydrogens (tertiary/aromatic N) is 3. The minimum absolute atomic E-state index is 0.358. The predicted molar refractivity (Wildman–Crippen MR) is 72.0 cm³/mol. The molecule has 0 aliphatic carbocycles. The van der Waals surface area contributed by atoms with Crippen LogP contribution in [0.2, 0.25) is 0 Å². The highest BCUT2D eigenvalue weighted by molar-refractivity contribution is 5.82. The number of amides is 2. The van der Waals surface area contributed by atoms with Crippen LogP contribution in [-0.4, -0.2) is 37.9 Å². The Hall–Kier alpha value is -2.12. The van der Waals surface area contributed by atoms with Crippen LogP contribution in [0.15, 0.2) is 6.33 Å². The number of urea groups is 1. The average molecular weight is 283 g/mol. The van der Waals surface area contributed by atoms with Gasteiger partial charge in [0.1, 0.15) is 12.4 Å². The van der Waals surface area contributed by atoms with Crippen LogP contribution in [0.3, 0.4) is 0 Å². The molecule has 0 saturated heterocycles. The van der Waals surface area contributed by atoms with E-state index in [-0.39, 0.29) is 6.04 Å². The molecule has 0 aromatic carbocycles. The Morgan fingerprint density at radius 1 is 1.45 bits per heavy atom. The van der Waals surface area contributed by atoms with Crippen molar-refractivity contribution in [2.75, 3.05) is 0 Å². The molecule has 2 atom stereocenters. The summed E-state index contributed by atoms with van der Waals surface area (Å²) in [4.78, 5) is 22.8. The summed E-state index contributed by atoms with van der Waals surface area (Å²) in [5.74, 6) is -0.430. The summed E-state index contributed by atoms with van der Waals surface area (Å²) in [6, 6.07) is -1.76. The zero-order valence-electron chi connectivity index (χ0n) is 12.0. The predicted octanol–water partition coefficient (Wildman–Crippen LogP) is 0.819. The highest BCUT2D eigenvalue weighted by Gasteiger charge is 2.21. The lowest BCUT2D eigenvalue weighted by Gasteiger charge is -2.17. The SMILES string of the molecule is CCCC[C@H](NC(=O)NC(C)c1nncn1C)C(=O)O. The number of aryl methyl sites for hydroxylation is 1. The maximum absolute atomic E-state index is 11.8. The van der Waals surface area contributed by atoms with Gasteiger partial charge in [-0.1, -0.05) is 19.8 Å². The molecule has 1 aromatic heterocycles. The molecule has 0 fully saturated rings. The zero-order chi connectivity index (χ0) is 15.1. The number of aromatic nitrogens is 3. The van der Waals surface area contributed by atoms with E-state index in [9.17, 15) is 9.59 Å². The molecule has 1 aromatic rings. The van der Waals surface area contributed by atoms with Crippen molar-refractivity contribution in [1.82, 2.24) is 25.4 Å². The number of hydrogen-bond acceptors (Lipinski definition) is 4. The van der Waals surface area contributed by atoms with Gasteiger partial charge in [-0.15, -0.1) is 10.2 Å². The molecule has 8 nitrogen and oxygen atoms in total. The first-order valence-corrected chi connectivity index (χ1v) is 6.59. The van der Waals surface area contributed by atoms with E-state index in [1.165, 1.54) is 6.33 Å². The van der Waals surface area contributed by atoms with Crippen molar-refractivity contribution in [2.45, 2.75) is 45.2 Å². The number of carbonyl (C=O) groups is 2. The molecule has 20 heavy (non-hydrogen) atoms. The van der Waals surface area contributed by atoms with E-state index in [0.717, 1.165) is 12.8 Å². The topological polar surface area (TPSA) is 109 Å². The summed E-state index contributed by atoms with van der Waals surface area (Å²) < 4.78 is 1.69. The molecule has 0 bridgehead atoms. The highest BCUT2D eigenvalue weighted by Crippen LogP contribution is 2.07. The highest BCUT2D eigenvalue weighted by atomic mass is 16.4. The molecule has 3 N–H and O–H groups in total. The molecule has 112 valence electrons. The van der Waals surface area contributed by atoms with Gasteiger partial charge in [0.05, 0.1) is 6.04 Å². The van der Waals surface area contributed by atoms with Gasteiger partial charge in [0.25, 0.3) is 0 Å². The second-order valence-electron chi connectivity index (χ2n) is 4.67. The van der Waals surface area contributed by atoms with E-state index in [1.54, 1.807) is 18.5 Å². The van der Waals surface area contributed by atoms with Crippen molar-refractivity contribution in [3.05, 3.63) is 12.2 Å². The van der Waals surface area contributed by atoms with Crippen LogP contribution in [0.1, 0.15) is 45.0 Å². The van der Waals surface area contributed by atoms with Gasteiger partial charge in [0.2, 0.25) is 0 Å². The quantitative estimate of drug-likeness (QED) is 0.686. The molecule has 1 unspecified atom stereocenters. The number of carboxylic acids is 1. The summed E-state index contributed by atoms with van der Waals surface area (Å²) in [6.45, 7) is 3.72. The number of nitrogens with one attached hydrogen (secondary N) is 2. The van der Waals surface area contributed by atoms with Gasteiger partial charge < -0.3 is 20.3 Å². The van der Waals surface area contributed by atoms with Crippen molar-refractivity contribution in [3.63, 3.8) is 0 Å².